The fourth-order valence-electron chi connectivity index (χ4n) is 1.20. The number of ketones is 1. The first-order valence-corrected chi connectivity index (χ1v) is 4.69. The molecule has 0 aliphatic rings. The van der Waals surface area contributed by atoms with Crippen molar-refractivity contribution in [3.8, 4) is 0 Å². The lowest BCUT2D eigenvalue weighted by atomic mass is 10.1. The molecular weight excluding hydrogens is 200 g/mol. The second-order valence-corrected chi connectivity index (χ2v) is 3.82. The normalized spacial score (nSPS) is 10.6. The van der Waals surface area contributed by atoms with Crippen LogP contribution in [-0.4, -0.2) is 36.3 Å². The molecule has 0 N–H and O–H groups in total. The Morgan fingerprint density at radius 2 is 2.14 bits per heavy atom. The van der Waals surface area contributed by atoms with E-state index in [1.807, 2.05) is 19.0 Å². The Kier molecular flexibility index (Phi) is 3.61. The average molecular weight is 213 g/mol. The quantitative estimate of drug-likeness (QED) is 0.566. The van der Waals surface area contributed by atoms with Crippen LogP contribution in [0.3, 0.4) is 0 Å². The van der Waals surface area contributed by atoms with Crippen molar-refractivity contribution in [3.05, 3.63) is 28.5 Å². The van der Waals surface area contributed by atoms with Crippen LogP contribution in [0.2, 0.25) is 5.15 Å². The first kappa shape index (κ1) is 11.1. The number of aryl methyl sites for hydroxylation is 1. The van der Waals surface area contributed by atoms with Gasteiger partial charge in [0.25, 0.3) is 0 Å². The van der Waals surface area contributed by atoms with Crippen LogP contribution in [0.15, 0.2) is 12.1 Å². The number of hydrogen-bond donors (Lipinski definition) is 0. The van der Waals surface area contributed by atoms with Crippen LogP contribution in [0.25, 0.3) is 0 Å². The van der Waals surface area contributed by atoms with Gasteiger partial charge < -0.3 is 4.90 Å². The number of aromatic nitrogens is 1. The smallest absolute Gasteiger partial charge is 0.178 e. The Morgan fingerprint density at radius 1 is 1.50 bits per heavy atom. The lowest BCUT2D eigenvalue weighted by molar-refractivity contribution is 0.0957. The molecule has 0 unspecified atom stereocenters. The number of nitrogens with zero attached hydrogens (tertiary/aromatic N) is 2. The fourth-order valence-corrected chi connectivity index (χ4v) is 1.39. The summed E-state index contributed by atoms with van der Waals surface area (Å²) in [5, 5.41) is 0.420. The second-order valence-electron chi connectivity index (χ2n) is 3.43. The van der Waals surface area contributed by atoms with E-state index in [4.69, 9.17) is 11.6 Å². The van der Waals surface area contributed by atoms with Crippen LogP contribution in [0.4, 0.5) is 0 Å². The highest BCUT2D eigenvalue weighted by atomic mass is 35.5. The molecule has 76 valence electrons. The highest BCUT2D eigenvalue weighted by Crippen LogP contribution is 2.11. The van der Waals surface area contributed by atoms with Gasteiger partial charge in [-0.1, -0.05) is 11.6 Å². The van der Waals surface area contributed by atoms with Crippen LogP contribution < -0.4 is 0 Å². The third-order valence-corrected chi connectivity index (χ3v) is 2.02. The molecule has 4 heteroatoms. The van der Waals surface area contributed by atoms with E-state index >= 15 is 0 Å². The molecule has 0 spiro atoms. The third-order valence-electron chi connectivity index (χ3n) is 1.81. The van der Waals surface area contributed by atoms with Crippen molar-refractivity contribution in [1.29, 1.82) is 0 Å². The fraction of sp³-hybridized carbons (Fsp3) is 0.400. The minimum Gasteiger partial charge on any atom is -0.302 e. The summed E-state index contributed by atoms with van der Waals surface area (Å²) in [6.07, 6.45) is 0. The molecule has 0 saturated carbocycles. The molecule has 0 saturated heterocycles. The number of carbonyl (C=O) groups excluding carboxylic acids is 1. The average Bonchev–Trinajstić information content (AvgIpc) is 2.01. The van der Waals surface area contributed by atoms with Gasteiger partial charge in [-0.2, -0.15) is 0 Å². The van der Waals surface area contributed by atoms with Gasteiger partial charge in [-0.3, -0.25) is 4.79 Å². The van der Waals surface area contributed by atoms with E-state index in [1.54, 1.807) is 19.1 Å². The van der Waals surface area contributed by atoms with E-state index in [0.29, 0.717) is 23.0 Å². The second kappa shape index (κ2) is 4.53. The summed E-state index contributed by atoms with van der Waals surface area (Å²) >= 11 is 5.69. The van der Waals surface area contributed by atoms with Crippen molar-refractivity contribution < 1.29 is 4.79 Å². The SMILES string of the molecule is Cc1nc(Cl)ccc1C(=O)CN(C)C. The van der Waals surface area contributed by atoms with Gasteiger partial charge in [-0.05, 0) is 33.2 Å². The minimum atomic E-state index is 0.0664. The number of pyridine rings is 1. The molecule has 0 fully saturated rings. The molecular formula is C10H13ClN2O. The molecule has 3 nitrogen and oxygen atoms in total. The summed E-state index contributed by atoms with van der Waals surface area (Å²) < 4.78 is 0. The maximum Gasteiger partial charge on any atom is 0.178 e. The number of carbonyl (C=O) groups is 1. The van der Waals surface area contributed by atoms with Gasteiger partial charge in [-0.25, -0.2) is 4.98 Å². The van der Waals surface area contributed by atoms with Crippen molar-refractivity contribution >= 4 is 17.4 Å². The highest BCUT2D eigenvalue weighted by molar-refractivity contribution is 6.29. The van der Waals surface area contributed by atoms with E-state index in [2.05, 4.69) is 4.98 Å². The summed E-state index contributed by atoms with van der Waals surface area (Å²) in [7, 11) is 3.72. The van der Waals surface area contributed by atoms with E-state index < -0.39 is 0 Å². The Labute approximate surface area is 88.7 Å². The van der Waals surface area contributed by atoms with Crippen molar-refractivity contribution in [2.45, 2.75) is 6.92 Å². The van der Waals surface area contributed by atoms with Crippen LogP contribution in [0, 0.1) is 6.92 Å². The van der Waals surface area contributed by atoms with Crippen LogP contribution in [-0.2, 0) is 0 Å². The molecule has 1 aromatic rings. The number of halogens is 1. The van der Waals surface area contributed by atoms with Crippen molar-refractivity contribution in [1.82, 2.24) is 9.88 Å². The van der Waals surface area contributed by atoms with Crippen LogP contribution in [0.5, 0.6) is 0 Å². The first-order chi connectivity index (χ1) is 6.50. The summed E-state index contributed by atoms with van der Waals surface area (Å²) in [4.78, 5) is 17.5. The first-order valence-electron chi connectivity index (χ1n) is 4.32. The molecule has 14 heavy (non-hydrogen) atoms. The van der Waals surface area contributed by atoms with Gasteiger partial charge in [0.15, 0.2) is 5.78 Å². The van der Waals surface area contributed by atoms with Gasteiger partial charge in [-0.15, -0.1) is 0 Å². The predicted octanol–water partition coefficient (Wildman–Crippen LogP) is 1.79. The van der Waals surface area contributed by atoms with Crippen LogP contribution in [0.1, 0.15) is 16.1 Å². The summed E-state index contributed by atoms with van der Waals surface area (Å²) in [6.45, 7) is 2.18. The third kappa shape index (κ3) is 2.79. The molecule has 0 aromatic carbocycles. The molecule has 0 radical (unpaired) electrons. The Hall–Kier alpha value is -0.930. The maximum absolute atomic E-state index is 11.7. The topological polar surface area (TPSA) is 33.2 Å². The van der Waals surface area contributed by atoms with Crippen molar-refractivity contribution in [2.24, 2.45) is 0 Å². The molecule has 0 bridgehead atoms. The van der Waals surface area contributed by atoms with E-state index in [-0.39, 0.29) is 5.78 Å². The van der Waals surface area contributed by atoms with Gasteiger partial charge in [0.05, 0.1) is 6.54 Å². The molecule has 0 aliphatic heterocycles. The minimum absolute atomic E-state index is 0.0664. The summed E-state index contributed by atoms with van der Waals surface area (Å²) in [5.41, 5.74) is 1.33. The van der Waals surface area contributed by atoms with E-state index in [1.165, 1.54) is 0 Å². The predicted molar refractivity (Wildman–Crippen MR) is 56.9 cm³/mol. The molecule has 1 heterocycles. The zero-order valence-electron chi connectivity index (χ0n) is 8.54. The summed E-state index contributed by atoms with van der Waals surface area (Å²) in [5.74, 6) is 0.0664. The van der Waals surface area contributed by atoms with Crippen LogP contribution >= 0.6 is 11.6 Å². The van der Waals surface area contributed by atoms with E-state index in [0.717, 1.165) is 0 Å². The van der Waals surface area contributed by atoms with Gasteiger partial charge in [0.1, 0.15) is 5.15 Å². The number of hydrogen-bond acceptors (Lipinski definition) is 3. The molecule has 1 rings (SSSR count). The highest BCUT2D eigenvalue weighted by Gasteiger charge is 2.10. The Bertz CT molecular complexity index is 350. The zero-order valence-corrected chi connectivity index (χ0v) is 9.30. The number of likely N-dealkylation sites (N-methyl/N-ethyl adjacent to an activating group) is 1. The van der Waals surface area contributed by atoms with Crippen molar-refractivity contribution in [2.75, 3.05) is 20.6 Å². The molecule has 0 amide bonds. The standard InChI is InChI=1S/C10H13ClN2O/c1-7-8(4-5-10(11)12-7)9(14)6-13(2)3/h4-5H,6H2,1-3H3. The molecule has 1 aromatic heterocycles. The maximum atomic E-state index is 11.7. The Morgan fingerprint density at radius 3 is 2.64 bits per heavy atom. The lowest BCUT2D eigenvalue weighted by Crippen LogP contribution is -2.22. The zero-order chi connectivity index (χ0) is 10.7. The monoisotopic (exact) mass is 212 g/mol. The molecule has 0 aliphatic carbocycles. The largest absolute Gasteiger partial charge is 0.302 e. The molecule has 0 atom stereocenters. The summed E-state index contributed by atoms with van der Waals surface area (Å²) in [6, 6.07) is 3.36. The van der Waals surface area contributed by atoms with Gasteiger partial charge in [0, 0.05) is 11.3 Å². The van der Waals surface area contributed by atoms with Gasteiger partial charge in [0.2, 0.25) is 0 Å². The Balaban J connectivity index is 2.90. The number of rotatable bonds is 3. The lowest BCUT2D eigenvalue weighted by Gasteiger charge is -2.09. The van der Waals surface area contributed by atoms with Gasteiger partial charge >= 0.3 is 0 Å². The van der Waals surface area contributed by atoms with E-state index in [9.17, 15) is 4.79 Å². The van der Waals surface area contributed by atoms with Crippen molar-refractivity contribution in [3.63, 3.8) is 0 Å². The number of Topliss-reactive ketones (excluding diaryl/α,β-unsaturated/α-hetero) is 1.